The number of halogens is 1. The van der Waals surface area contributed by atoms with Gasteiger partial charge in [0.25, 0.3) is 0 Å². The van der Waals surface area contributed by atoms with Gasteiger partial charge in [0, 0.05) is 21.6 Å². The number of aromatic nitrogens is 1. The zero-order valence-corrected chi connectivity index (χ0v) is 13.3. The Labute approximate surface area is 132 Å². The maximum Gasteiger partial charge on any atom is 0.0997 e. The predicted molar refractivity (Wildman–Crippen MR) is 85.5 cm³/mol. The van der Waals surface area contributed by atoms with Crippen LogP contribution in [0.4, 0.5) is 0 Å². The molecule has 0 amide bonds. The minimum atomic E-state index is -0.784. The van der Waals surface area contributed by atoms with E-state index in [2.05, 4.69) is 27.0 Å². The molecule has 108 valence electrons. The average molecular weight is 345 g/mol. The van der Waals surface area contributed by atoms with E-state index in [9.17, 15) is 10.4 Å². The fraction of sp³-hybridized carbons (Fsp3) is 0.412. The van der Waals surface area contributed by atoms with Crippen LogP contribution in [0.2, 0.25) is 0 Å². The van der Waals surface area contributed by atoms with Crippen LogP contribution in [0, 0.1) is 16.7 Å². The molecule has 0 radical (unpaired) electrons. The number of hydrogen-bond donors (Lipinski definition) is 1. The quantitative estimate of drug-likeness (QED) is 0.872. The molecule has 1 aliphatic rings. The van der Waals surface area contributed by atoms with Crippen LogP contribution in [-0.4, -0.2) is 10.1 Å². The summed E-state index contributed by atoms with van der Waals surface area (Å²) < 4.78 is 0.955. The highest BCUT2D eigenvalue weighted by atomic mass is 79.9. The van der Waals surface area contributed by atoms with Crippen molar-refractivity contribution in [3.63, 3.8) is 0 Å². The molecule has 1 fully saturated rings. The van der Waals surface area contributed by atoms with Crippen molar-refractivity contribution in [2.75, 3.05) is 0 Å². The van der Waals surface area contributed by atoms with Gasteiger partial charge >= 0.3 is 0 Å². The molecule has 3 rings (SSSR count). The monoisotopic (exact) mass is 344 g/mol. The number of pyridine rings is 1. The first-order chi connectivity index (χ1) is 10.2. The van der Waals surface area contributed by atoms with Gasteiger partial charge in [-0.05, 0) is 25.0 Å². The highest BCUT2D eigenvalue weighted by Gasteiger charge is 2.41. The number of benzene rings is 1. The molecule has 1 aliphatic carbocycles. The van der Waals surface area contributed by atoms with Crippen LogP contribution < -0.4 is 0 Å². The molecule has 3 nitrogen and oxygen atoms in total. The molecule has 4 heteroatoms. The van der Waals surface area contributed by atoms with Gasteiger partial charge in [-0.1, -0.05) is 47.3 Å². The smallest absolute Gasteiger partial charge is 0.0997 e. The van der Waals surface area contributed by atoms with Gasteiger partial charge in [-0.3, -0.25) is 4.98 Å². The van der Waals surface area contributed by atoms with Gasteiger partial charge in [0.15, 0.2) is 0 Å². The van der Waals surface area contributed by atoms with Gasteiger partial charge in [0.1, 0.15) is 0 Å². The third-order valence-corrected chi connectivity index (χ3v) is 5.23. The first kappa shape index (κ1) is 14.5. The Hall–Kier alpha value is -1.44. The van der Waals surface area contributed by atoms with E-state index < -0.39 is 11.5 Å². The van der Waals surface area contributed by atoms with Gasteiger partial charge in [-0.2, -0.15) is 5.26 Å². The highest BCUT2D eigenvalue weighted by Crippen LogP contribution is 2.47. The minimum absolute atomic E-state index is 0.670. The second kappa shape index (κ2) is 5.75. The number of fused-ring (bicyclic) bond motifs is 1. The Morgan fingerprint density at radius 2 is 2.00 bits per heavy atom. The summed E-state index contributed by atoms with van der Waals surface area (Å²) in [6.45, 7) is 0. The van der Waals surface area contributed by atoms with Crippen LogP contribution in [0.3, 0.4) is 0 Å². The van der Waals surface area contributed by atoms with E-state index in [-0.39, 0.29) is 0 Å². The molecule has 0 bridgehead atoms. The average Bonchev–Trinajstić information content (AvgIpc) is 2.55. The summed E-state index contributed by atoms with van der Waals surface area (Å²) in [5.41, 5.74) is 0.869. The third-order valence-electron chi connectivity index (χ3n) is 4.53. The fourth-order valence-electron chi connectivity index (χ4n) is 3.31. The predicted octanol–water partition coefficient (Wildman–Crippen LogP) is 4.50. The maximum atomic E-state index is 10.9. The van der Waals surface area contributed by atoms with Crippen molar-refractivity contribution in [3.8, 4) is 6.07 Å². The Morgan fingerprint density at radius 1 is 1.24 bits per heavy atom. The molecule has 0 spiro atoms. The normalized spacial score (nSPS) is 19.1. The Balaban J connectivity index is 2.12. The minimum Gasteiger partial charge on any atom is -0.387 e. The topological polar surface area (TPSA) is 56.9 Å². The Kier molecular flexibility index (Phi) is 3.97. The summed E-state index contributed by atoms with van der Waals surface area (Å²) in [7, 11) is 0. The molecule has 1 atom stereocenters. The molecule has 0 aliphatic heterocycles. The van der Waals surface area contributed by atoms with Crippen molar-refractivity contribution >= 4 is 26.8 Å². The van der Waals surface area contributed by atoms with Crippen LogP contribution in [0.25, 0.3) is 10.9 Å². The summed E-state index contributed by atoms with van der Waals surface area (Å²) in [5.74, 6) is 0. The Bertz CT molecular complexity index is 701. The van der Waals surface area contributed by atoms with Crippen LogP contribution in [-0.2, 0) is 0 Å². The van der Waals surface area contributed by atoms with Crippen LogP contribution in [0.5, 0.6) is 0 Å². The molecule has 1 aromatic heterocycles. The molecule has 1 unspecified atom stereocenters. The molecular formula is C17H17BrN2O. The number of aliphatic hydroxyl groups is 1. The van der Waals surface area contributed by atoms with Crippen LogP contribution in [0.15, 0.2) is 34.9 Å². The third kappa shape index (κ3) is 2.45. The van der Waals surface area contributed by atoms with Crippen molar-refractivity contribution in [2.45, 2.75) is 38.2 Å². The van der Waals surface area contributed by atoms with Crippen LogP contribution in [0.1, 0.15) is 43.8 Å². The number of hydrogen-bond acceptors (Lipinski definition) is 3. The molecule has 1 aromatic carbocycles. The van der Waals surface area contributed by atoms with E-state index in [1.165, 1.54) is 0 Å². The lowest BCUT2D eigenvalue weighted by Crippen LogP contribution is -2.30. The van der Waals surface area contributed by atoms with Gasteiger partial charge in [0.05, 0.1) is 23.1 Å². The number of aliphatic hydroxyl groups excluding tert-OH is 1. The molecular weight excluding hydrogens is 328 g/mol. The molecule has 1 saturated carbocycles. The lowest BCUT2D eigenvalue weighted by Gasteiger charge is -2.35. The standard InChI is InChI=1S/C17H17BrN2O/c18-14-7-6-13(15-12(14)5-4-10-20-15)16(21)17(11-19)8-2-1-3-9-17/h4-7,10,16,21H,1-3,8-9H2. The van der Waals surface area contributed by atoms with Gasteiger partial charge in [-0.25, -0.2) is 0 Å². The van der Waals surface area contributed by atoms with E-state index in [1.54, 1.807) is 6.20 Å². The second-order valence-corrected chi connectivity index (χ2v) is 6.62. The highest BCUT2D eigenvalue weighted by molar-refractivity contribution is 9.10. The van der Waals surface area contributed by atoms with E-state index >= 15 is 0 Å². The van der Waals surface area contributed by atoms with Crippen molar-refractivity contribution in [1.82, 2.24) is 4.98 Å². The molecule has 1 heterocycles. The largest absolute Gasteiger partial charge is 0.387 e. The lowest BCUT2D eigenvalue weighted by molar-refractivity contribution is 0.0369. The lowest BCUT2D eigenvalue weighted by atomic mass is 9.69. The Morgan fingerprint density at radius 3 is 2.71 bits per heavy atom. The SMILES string of the molecule is N#CC1(C(O)c2ccc(Br)c3cccnc23)CCCCC1. The van der Waals surface area contributed by atoms with Gasteiger partial charge < -0.3 is 5.11 Å². The van der Waals surface area contributed by atoms with E-state index in [1.807, 2.05) is 24.3 Å². The number of nitrogens with zero attached hydrogens (tertiary/aromatic N) is 2. The van der Waals surface area contributed by atoms with Crippen molar-refractivity contribution in [2.24, 2.45) is 5.41 Å². The van der Waals surface area contributed by atoms with E-state index in [0.717, 1.165) is 53.0 Å². The molecule has 1 N–H and O–H groups in total. The zero-order valence-electron chi connectivity index (χ0n) is 11.7. The van der Waals surface area contributed by atoms with E-state index in [4.69, 9.17) is 0 Å². The zero-order chi connectivity index (χ0) is 14.9. The second-order valence-electron chi connectivity index (χ2n) is 5.77. The maximum absolute atomic E-state index is 10.9. The summed E-state index contributed by atoms with van der Waals surface area (Å²) in [6, 6.07) is 10.1. The summed E-state index contributed by atoms with van der Waals surface area (Å²) in [4.78, 5) is 4.42. The summed E-state index contributed by atoms with van der Waals surface area (Å²) in [6.07, 6.45) is 5.62. The van der Waals surface area contributed by atoms with E-state index in [0.29, 0.717) is 0 Å². The molecule has 2 aromatic rings. The number of rotatable bonds is 2. The first-order valence-corrected chi connectivity index (χ1v) is 8.10. The van der Waals surface area contributed by atoms with Crippen molar-refractivity contribution in [1.29, 1.82) is 5.26 Å². The fourth-order valence-corrected chi connectivity index (χ4v) is 3.76. The summed E-state index contributed by atoms with van der Waals surface area (Å²) >= 11 is 3.52. The first-order valence-electron chi connectivity index (χ1n) is 7.30. The molecule has 0 saturated heterocycles. The van der Waals surface area contributed by atoms with Crippen LogP contribution >= 0.6 is 15.9 Å². The van der Waals surface area contributed by atoms with Gasteiger partial charge in [0.2, 0.25) is 0 Å². The summed E-state index contributed by atoms with van der Waals surface area (Å²) in [5, 5.41) is 21.5. The van der Waals surface area contributed by atoms with Gasteiger partial charge in [-0.15, -0.1) is 0 Å². The number of nitriles is 1. The molecule has 21 heavy (non-hydrogen) atoms. The van der Waals surface area contributed by atoms with Crippen molar-refractivity contribution < 1.29 is 5.11 Å². The van der Waals surface area contributed by atoms with Crippen molar-refractivity contribution in [3.05, 3.63) is 40.5 Å².